The lowest BCUT2D eigenvalue weighted by Crippen LogP contribution is -2.27. The average molecular weight is 285 g/mol. The van der Waals surface area contributed by atoms with E-state index < -0.39 is 25.0 Å². The maximum absolute atomic E-state index is 11.9. The Morgan fingerprint density at radius 2 is 1.95 bits per heavy atom. The summed E-state index contributed by atoms with van der Waals surface area (Å²) < 4.78 is 40.8. The summed E-state index contributed by atoms with van der Waals surface area (Å²) in [5.41, 5.74) is 0.879. The van der Waals surface area contributed by atoms with Gasteiger partial charge in [-0.15, -0.1) is 10.2 Å². The van der Waals surface area contributed by atoms with Crippen LogP contribution in [0.3, 0.4) is 0 Å². The lowest BCUT2D eigenvalue weighted by Gasteiger charge is -2.08. The first-order valence-electron chi connectivity index (χ1n) is 5.67. The molecule has 0 aliphatic carbocycles. The highest BCUT2D eigenvalue weighted by Gasteiger charge is 2.26. The normalized spacial score (nSPS) is 11.3. The van der Waals surface area contributed by atoms with Gasteiger partial charge in [0.05, 0.1) is 6.42 Å². The minimum Gasteiger partial charge on any atom is -0.423 e. The fourth-order valence-electron chi connectivity index (χ4n) is 1.48. The van der Waals surface area contributed by atoms with Gasteiger partial charge in [-0.1, -0.05) is 0 Å². The van der Waals surface area contributed by atoms with Crippen molar-refractivity contribution in [1.29, 1.82) is 0 Å². The second-order valence-corrected chi connectivity index (χ2v) is 3.94. The molecule has 0 fully saturated rings. The van der Waals surface area contributed by atoms with Gasteiger partial charge in [0.1, 0.15) is 0 Å². The Morgan fingerprint density at radius 1 is 1.25 bits per heavy atom. The van der Waals surface area contributed by atoms with E-state index in [-0.39, 0.29) is 5.56 Å². The zero-order valence-corrected chi connectivity index (χ0v) is 10.1. The van der Waals surface area contributed by atoms with E-state index in [1.54, 1.807) is 12.1 Å². The first-order valence-corrected chi connectivity index (χ1v) is 5.67. The van der Waals surface area contributed by atoms with Crippen molar-refractivity contribution < 1.29 is 22.4 Å². The fourth-order valence-corrected chi connectivity index (χ4v) is 1.48. The van der Waals surface area contributed by atoms with Gasteiger partial charge in [-0.3, -0.25) is 4.79 Å². The number of aromatic nitrogens is 2. The number of carbonyl (C=O) groups is 1. The maximum Gasteiger partial charge on any atom is 0.390 e. The zero-order valence-electron chi connectivity index (χ0n) is 10.1. The van der Waals surface area contributed by atoms with Gasteiger partial charge in [-0.2, -0.15) is 13.2 Å². The van der Waals surface area contributed by atoms with Crippen molar-refractivity contribution in [3.05, 3.63) is 36.2 Å². The van der Waals surface area contributed by atoms with Crippen LogP contribution in [0.5, 0.6) is 0 Å². The van der Waals surface area contributed by atoms with Crippen molar-refractivity contribution in [1.82, 2.24) is 15.5 Å². The summed E-state index contributed by atoms with van der Waals surface area (Å²) in [7, 11) is 0. The van der Waals surface area contributed by atoms with Crippen molar-refractivity contribution >= 4 is 5.91 Å². The fraction of sp³-hybridized carbons (Fsp3) is 0.250. The van der Waals surface area contributed by atoms with Crippen LogP contribution in [-0.4, -0.2) is 28.8 Å². The molecule has 0 saturated heterocycles. The molecular weight excluding hydrogens is 275 g/mol. The maximum atomic E-state index is 11.9. The van der Waals surface area contributed by atoms with E-state index in [1.807, 2.05) is 0 Å². The van der Waals surface area contributed by atoms with E-state index in [0.717, 1.165) is 0 Å². The van der Waals surface area contributed by atoms with Gasteiger partial charge in [0, 0.05) is 17.7 Å². The number of hydrogen-bond donors (Lipinski definition) is 1. The first-order chi connectivity index (χ1) is 9.46. The van der Waals surface area contributed by atoms with E-state index in [1.165, 1.54) is 18.5 Å². The molecule has 1 aromatic heterocycles. The third-order valence-corrected chi connectivity index (χ3v) is 2.45. The highest BCUT2D eigenvalue weighted by atomic mass is 19.4. The van der Waals surface area contributed by atoms with Gasteiger partial charge >= 0.3 is 6.18 Å². The van der Waals surface area contributed by atoms with Crippen LogP contribution >= 0.6 is 0 Å². The molecule has 1 aromatic carbocycles. The number of carbonyl (C=O) groups excluding carboxylic acids is 1. The van der Waals surface area contributed by atoms with Crippen LogP contribution in [0.1, 0.15) is 16.8 Å². The summed E-state index contributed by atoms with van der Waals surface area (Å²) in [6, 6.07) is 6.10. The zero-order chi connectivity index (χ0) is 14.6. The molecule has 8 heteroatoms. The Labute approximate surface area is 111 Å². The monoisotopic (exact) mass is 285 g/mol. The smallest absolute Gasteiger partial charge is 0.390 e. The van der Waals surface area contributed by atoms with Crippen molar-refractivity contribution in [2.75, 3.05) is 6.54 Å². The average Bonchev–Trinajstić information content (AvgIpc) is 2.91. The van der Waals surface area contributed by atoms with Crippen LogP contribution < -0.4 is 5.32 Å². The summed E-state index contributed by atoms with van der Waals surface area (Å²) >= 11 is 0. The van der Waals surface area contributed by atoms with Crippen molar-refractivity contribution in [2.45, 2.75) is 12.6 Å². The van der Waals surface area contributed by atoms with E-state index in [4.69, 9.17) is 4.42 Å². The Morgan fingerprint density at radius 3 is 2.50 bits per heavy atom. The van der Waals surface area contributed by atoms with Gasteiger partial charge < -0.3 is 9.73 Å². The van der Waals surface area contributed by atoms with Crippen LogP contribution in [0.4, 0.5) is 13.2 Å². The second-order valence-electron chi connectivity index (χ2n) is 3.94. The molecule has 2 aromatic rings. The van der Waals surface area contributed by atoms with Crippen molar-refractivity contribution in [3.63, 3.8) is 0 Å². The summed E-state index contributed by atoms with van der Waals surface area (Å²) in [5.74, 6) is -0.264. The highest BCUT2D eigenvalue weighted by Crippen LogP contribution is 2.19. The number of benzene rings is 1. The molecule has 5 nitrogen and oxygen atoms in total. The highest BCUT2D eigenvalue weighted by molar-refractivity contribution is 5.94. The molecule has 0 radical (unpaired) electrons. The minimum absolute atomic E-state index is 0.260. The van der Waals surface area contributed by atoms with E-state index in [0.29, 0.717) is 11.5 Å². The summed E-state index contributed by atoms with van der Waals surface area (Å²) in [6.45, 7) is -0.451. The summed E-state index contributed by atoms with van der Waals surface area (Å²) in [6.07, 6.45) is -4.17. The predicted molar refractivity (Wildman–Crippen MR) is 62.7 cm³/mol. The molecule has 0 spiro atoms. The molecule has 0 saturated carbocycles. The van der Waals surface area contributed by atoms with Crippen molar-refractivity contribution in [3.8, 4) is 11.5 Å². The molecule has 0 unspecified atom stereocenters. The van der Waals surface area contributed by atoms with Gasteiger partial charge in [0.2, 0.25) is 12.3 Å². The van der Waals surface area contributed by atoms with E-state index in [9.17, 15) is 18.0 Å². The largest absolute Gasteiger partial charge is 0.423 e. The quantitative estimate of drug-likeness (QED) is 0.936. The van der Waals surface area contributed by atoms with Crippen LogP contribution in [-0.2, 0) is 0 Å². The van der Waals surface area contributed by atoms with Gasteiger partial charge in [-0.25, -0.2) is 0 Å². The van der Waals surface area contributed by atoms with Crippen LogP contribution in [0, 0.1) is 0 Å². The first kappa shape index (κ1) is 14.0. The SMILES string of the molecule is O=C(NCCC(F)(F)F)c1ccc(-c2nnco2)cc1. The van der Waals surface area contributed by atoms with Gasteiger partial charge in [0.15, 0.2) is 0 Å². The topological polar surface area (TPSA) is 68.0 Å². The molecule has 0 bridgehead atoms. The molecule has 2 rings (SSSR count). The van der Waals surface area contributed by atoms with E-state index >= 15 is 0 Å². The number of hydrogen-bond acceptors (Lipinski definition) is 4. The molecule has 1 N–H and O–H groups in total. The minimum atomic E-state index is -4.28. The molecule has 106 valence electrons. The number of alkyl halides is 3. The van der Waals surface area contributed by atoms with Gasteiger partial charge in [0.25, 0.3) is 5.91 Å². The third kappa shape index (κ3) is 3.81. The molecular formula is C12H10F3N3O2. The lowest BCUT2D eigenvalue weighted by atomic mass is 10.1. The summed E-state index contributed by atoms with van der Waals surface area (Å²) in [5, 5.41) is 9.41. The number of amides is 1. The van der Waals surface area contributed by atoms with E-state index in [2.05, 4.69) is 15.5 Å². The number of nitrogens with one attached hydrogen (secondary N) is 1. The Balaban J connectivity index is 1.94. The van der Waals surface area contributed by atoms with Crippen LogP contribution in [0.2, 0.25) is 0 Å². The third-order valence-electron chi connectivity index (χ3n) is 2.45. The standard InChI is InChI=1S/C12H10F3N3O2/c13-12(14,15)5-6-16-10(19)8-1-3-9(4-2-8)11-18-17-7-20-11/h1-4,7H,5-6H2,(H,16,19). The molecule has 0 aliphatic heterocycles. The van der Waals surface area contributed by atoms with Gasteiger partial charge in [-0.05, 0) is 24.3 Å². The lowest BCUT2D eigenvalue weighted by molar-refractivity contribution is -0.132. The Hall–Kier alpha value is -2.38. The molecule has 1 heterocycles. The summed E-state index contributed by atoms with van der Waals surface area (Å²) in [4.78, 5) is 11.6. The number of rotatable bonds is 4. The number of halogens is 3. The predicted octanol–water partition coefficient (Wildman–Crippen LogP) is 2.42. The van der Waals surface area contributed by atoms with Crippen LogP contribution in [0.15, 0.2) is 35.1 Å². The van der Waals surface area contributed by atoms with Crippen LogP contribution in [0.25, 0.3) is 11.5 Å². The second kappa shape index (κ2) is 5.72. The van der Waals surface area contributed by atoms with Crippen molar-refractivity contribution in [2.24, 2.45) is 0 Å². The Kier molecular flexibility index (Phi) is 4.02. The molecule has 0 atom stereocenters. The number of nitrogens with zero attached hydrogens (tertiary/aromatic N) is 2. The molecule has 0 aliphatic rings. The molecule has 1 amide bonds. The Bertz CT molecular complexity index is 565. The molecule has 20 heavy (non-hydrogen) atoms.